The number of halogens is 1. The second-order valence-corrected chi connectivity index (χ2v) is 2.95. The van der Waals surface area contributed by atoms with E-state index in [1.807, 2.05) is 6.26 Å². The summed E-state index contributed by atoms with van der Waals surface area (Å²) in [5, 5.41) is 6.98. The Bertz CT molecular complexity index is 113. The van der Waals surface area contributed by atoms with Crippen molar-refractivity contribution in [1.29, 1.82) is 5.41 Å². The molecule has 0 bridgehead atoms. The lowest BCUT2D eigenvalue weighted by Crippen LogP contribution is -2.28. The minimum atomic E-state index is -0.229. The van der Waals surface area contributed by atoms with E-state index in [1.54, 1.807) is 18.7 Å². The van der Waals surface area contributed by atoms with Crippen molar-refractivity contribution >= 4 is 30.0 Å². The lowest BCUT2D eigenvalue weighted by atomic mass is 10.4. The van der Waals surface area contributed by atoms with Gasteiger partial charge >= 0.3 is 0 Å². The van der Waals surface area contributed by atoms with Crippen molar-refractivity contribution < 1.29 is 4.74 Å². The van der Waals surface area contributed by atoms with Crippen molar-refractivity contribution in [3.8, 4) is 0 Å². The Morgan fingerprint density at radius 1 is 1.73 bits per heavy atom. The molecule has 0 heterocycles. The molecular formula is C6H15ClN2OS. The first kappa shape index (κ1) is 13.6. The number of rotatable bonds is 5. The second-order valence-electron chi connectivity index (χ2n) is 1.96. The van der Waals surface area contributed by atoms with Gasteiger partial charge in [-0.05, 0) is 13.2 Å². The van der Waals surface area contributed by atoms with Gasteiger partial charge in [-0.25, -0.2) is 0 Å². The maximum Gasteiger partial charge on any atom is 0.120 e. The first-order valence-electron chi connectivity index (χ1n) is 3.13. The fourth-order valence-electron chi connectivity index (χ4n) is 0.398. The number of thioether (sulfide) groups is 1. The molecule has 0 spiro atoms. The molecule has 68 valence electrons. The van der Waals surface area contributed by atoms with Crippen molar-refractivity contribution in [3.63, 3.8) is 0 Å². The Balaban J connectivity index is 0. The van der Waals surface area contributed by atoms with Crippen LogP contribution in [-0.2, 0) is 4.74 Å². The predicted molar refractivity (Wildman–Crippen MR) is 53.0 cm³/mol. The Morgan fingerprint density at radius 2 is 2.27 bits per heavy atom. The smallest absolute Gasteiger partial charge is 0.120 e. The SMILES string of the molecule is CSCCOC(C)C(=N)N.Cl. The van der Waals surface area contributed by atoms with E-state index in [-0.39, 0.29) is 24.3 Å². The average molecular weight is 199 g/mol. The van der Waals surface area contributed by atoms with Gasteiger partial charge in [0.1, 0.15) is 11.9 Å². The van der Waals surface area contributed by atoms with E-state index in [0.717, 1.165) is 5.75 Å². The van der Waals surface area contributed by atoms with Gasteiger partial charge in [0.2, 0.25) is 0 Å². The van der Waals surface area contributed by atoms with Crippen molar-refractivity contribution in [2.45, 2.75) is 13.0 Å². The van der Waals surface area contributed by atoms with Crippen LogP contribution in [0.3, 0.4) is 0 Å². The van der Waals surface area contributed by atoms with Crippen LogP contribution in [0.4, 0.5) is 0 Å². The lowest BCUT2D eigenvalue weighted by molar-refractivity contribution is 0.123. The molecule has 5 heteroatoms. The molecule has 0 aliphatic heterocycles. The second kappa shape index (κ2) is 8.17. The molecule has 0 aliphatic rings. The zero-order chi connectivity index (χ0) is 7.98. The molecular weight excluding hydrogens is 184 g/mol. The molecule has 3 N–H and O–H groups in total. The van der Waals surface area contributed by atoms with Gasteiger partial charge in [-0.1, -0.05) is 0 Å². The fourth-order valence-corrected chi connectivity index (χ4v) is 0.661. The molecule has 0 saturated carbocycles. The predicted octanol–water partition coefficient (Wildman–Crippen LogP) is 1.11. The summed E-state index contributed by atoms with van der Waals surface area (Å²) in [5.74, 6) is 1.05. The van der Waals surface area contributed by atoms with Crippen LogP contribution in [0.1, 0.15) is 6.92 Å². The quantitative estimate of drug-likeness (QED) is 0.395. The lowest BCUT2D eigenvalue weighted by Gasteiger charge is -2.09. The minimum absolute atomic E-state index is 0. The maximum atomic E-state index is 6.98. The highest BCUT2D eigenvalue weighted by Crippen LogP contribution is 1.94. The molecule has 0 amide bonds. The Morgan fingerprint density at radius 3 is 2.64 bits per heavy atom. The first-order valence-corrected chi connectivity index (χ1v) is 4.52. The average Bonchev–Trinajstić information content (AvgIpc) is 1.88. The number of amidine groups is 1. The van der Waals surface area contributed by atoms with Crippen LogP contribution in [0, 0.1) is 5.41 Å². The third-order valence-electron chi connectivity index (χ3n) is 1.09. The summed E-state index contributed by atoms with van der Waals surface area (Å²) in [7, 11) is 0. The summed E-state index contributed by atoms with van der Waals surface area (Å²) in [5.41, 5.74) is 5.17. The summed E-state index contributed by atoms with van der Waals surface area (Å²) in [6.07, 6.45) is 1.79. The third-order valence-corrected chi connectivity index (χ3v) is 1.67. The van der Waals surface area contributed by atoms with E-state index in [1.165, 1.54) is 0 Å². The van der Waals surface area contributed by atoms with Crippen molar-refractivity contribution in [3.05, 3.63) is 0 Å². The normalized spacial score (nSPS) is 11.8. The standard InChI is InChI=1S/C6H14N2OS.ClH/c1-5(6(7)8)9-3-4-10-2;/h5H,3-4H2,1-2H3,(H3,7,8);1H. The summed E-state index contributed by atoms with van der Waals surface area (Å²) < 4.78 is 5.17. The summed E-state index contributed by atoms with van der Waals surface area (Å²) in [4.78, 5) is 0. The van der Waals surface area contributed by atoms with Gasteiger partial charge < -0.3 is 10.5 Å². The van der Waals surface area contributed by atoms with Crippen LogP contribution >= 0.6 is 24.2 Å². The van der Waals surface area contributed by atoms with Crippen LogP contribution in [0.5, 0.6) is 0 Å². The molecule has 0 saturated heterocycles. The van der Waals surface area contributed by atoms with Gasteiger partial charge in [0, 0.05) is 5.75 Å². The Kier molecular flexibility index (Phi) is 10.1. The van der Waals surface area contributed by atoms with Gasteiger partial charge in [-0.2, -0.15) is 11.8 Å². The summed E-state index contributed by atoms with van der Waals surface area (Å²) >= 11 is 1.72. The van der Waals surface area contributed by atoms with E-state index < -0.39 is 0 Å². The molecule has 0 rings (SSSR count). The van der Waals surface area contributed by atoms with Crippen molar-refractivity contribution in [1.82, 2.24) is 0 Å². The topological polar surface area (TPSA) is 59.1 Å². The molecule has 1 atom stereocenters. The van der Waals surface area contributed by atoms with Gasteiger partial charge in [0.15, 0.2) is 0 Å². The van der Waals surface area contributed by atoms with E-state index in [0.29, 0.717) is 6.61 Å². The number of nitrogens with two attached hydrogens (primary N) is 1. The maximum absolute atomic E-state index is 6.98. The van der Waals surface area contributed by atoms with Crippen LogP contribution < -0.4 is 5.73 Å². The van der Waals surface area contributed by atoms with Gasteiger partial charge in [0.25, 0.3) is 0 Å². The molecule has 1 unspecified atom stereocenters. The highest BCUT2D eigenvalue weighted by atomic mass is 35.5. The van der Waals surface area contributed by atoms with Crippen LogP contribution in [0.25, 0.3) is 0 Å². The number of hydrogen-bond donors (Lipinski definition) is 2. The first-order chi connectivity index (χ1) is 4.68. The van der Waals surface area contributed by atoms with E-state index in [4.69, 9.17) is 15.9 Å². The van der Waals surface area contributed by atoms with Gasteiger partial charge in [-0.15, -0.1) is 12.4 Å². The Hall–Kier alpha value is 0.0700. The zero-order valence-corrected chi connectivity index (χ0v) is 8.43. The van der Waals surface area contributed by atoms with Crippen molar-refractivity contribution in [2.75, 3.05) is 18.6 Å². The molecule has 0 aromatic rings. The van der Waals surface area contributed by atoms with Crippen LogP contribution in [0.2, 0.25) is 0 Å². The van der Waals surface area contributed by atoms with Crippen molar-refractivity contribution in [2.24, 2.45) is 5.73 Å². The largest absolute Gasteiger partial charge is 0.385 e. The molecule has 0 aliphatic carbocycles. The zero-order valence-electron chi connectivity index (χ0n) is 6.79. The number of ether oxygens (including phenoxy) is 1. The molecule has 0 radical (unpaired) electrons. The summed E-state index contributed by atoms with van der Waals surface area (Å²) in [6, 6.07) is 0. The molecule has 0 aromatic heterocycles. The number of nitrogens with one attached hydrogen (secondary N) is 1. The molecule has 3 nitrogen and oxygen atoms in total. The van der Waals surface area contributed by atoms with E-state index in [9.17, 15) is 0 Å². The Labute approximate surface area is 78.0 Å². The highest BCUT2D eigenvalue weighted by Gasteiger charge is 2.02. The van der Waals surface area contributed by atoms with E-state index in [2.05, 4.69) is 0 Å². The molecule has 11 heavy (non-hydrogen) atoms. The highest BCUT2D eigenvalue weighted by molar-refractivity contribution is 7.98. The molecule has 0 fully saturated rings. The minimum Gasteiger partial charge on any atom is -0.385 e. The van der Waals surface area contributed by atoms with Crippen LogP contribution in [0.15, 0.2) is 0 Å². The fraction of sp³-hybridized carbons (Fsp3) is 0.833. The number of hydrogen-bond acceptors (Lipinski definition) is 3. The van der Waals surface area contributed by atoms with Gasteiger partial charge in [0.05, 0.1) is 6.61 Å². The van der Waals surface area contributed by atoms with Gasteiger partial charge in [-0.3, -0.25) is 5.41 Å². The monoisotopic (exact) mass is 198 g/mol. The third kappa shape index (κ3) is 7.97. The summed E-state index contributed by atoms with van der Waals surface area (Å²) in [6.45, 7) is 2.45. The van der Waals surface area contributed by atoms with E-state index >= 15 is 0 Å². The van der Waals surface area contributed by atoms with Crippen LogP contribution in [-0.4, -0.2) is 30.6 Å². The molecule has 0 aromatic carbocycles.